The van der Waals surface area contributed by atoms with Gasteiger partial charge in [0.1, 0.15) is 5.69 Å². The minimum Gasteiger partial charge on any atom is -0.348 e. The van der Waals surface area contributed by atoms with Gasteiger partial charge in [-0.3, -0.25) is 14.3 Å². The highest BCUT2D eigenvalue weighted by Gasteiger charge is 2.13. The van der Waals surface area contributed by atoms with E-state index in [2.05, 4.69) is 15.4 Å². The van der Waals surface area contributed by atoms with Crippen LogP contribution in [0.15, 0.2) is 41.5 Å². The monoisotopic (exact) mass is 339 g/mol. The van der Waals surface area contributed by atoms with Crippen molar-refractivity contribution in [3.05, 3.63) is 58.3 Å². The average molecular weight is 339 g/mol. The maximum atomic E-state index is 12.5. The summed E-state index contributed by atoms with van der Waals surface area (Å²) >= 11 is 0. The second kappa shape index (κ2) is 6.88. The lowest BCUT2D eigenvalue weighted by Gasteiger charge is -2.15. The molecule has 0 aliphatic heterocycles. The largest absolute Gasteiger partial charge is 0.348 e. The number of benzene rings is 1. The van der Waals surface area contributed by atoms with Gasteiger partial charge in [0.2, 0.25) is 0 Å². The Morgan fingerprint density at radius 1 is 1.36 bits per heavy atom. The summed E-state index contributed by atoms with van der Waals surface area (Å²) in [6.45, 7) is 6.69. The zero-order valence-corrected chi connectivity index (χ0v) is 14.6. The first-order chi connectivity index (χ1) is 12.0. The molecule has 0 spiro atoms. The Hall–Kier alpha value is -2.96. The number of fused-ring (bicyclic) bond motifs is 1. The number of aromatic nitrogens is 4. The number of nitrogens with zero attached hydrogens (tertiary/aromatic N) is 4. The standard InChI is InChI=1S/C18H21N5O2/c1-4-23-16-7-6-14(10-15(16)21-13(3)18(23)25)17(24)20-12(2)11-22-9-5-8-19-22/h5-10,12H,4,11H2,1-3H3,(H,20,24)/t12-/m0/s1. The molecule has 3 rings (SSSR count). The lowest BCUT2D eigenvalue weighted by Crippen LogP contribution is -2.35. The lowest BCUT2D eigenvalue weighted by molar-refractivity contribution is 0.0936. The Labute approximate surface area is 145 Å². The summed E-state index contributed by atoms with van der Waals surface area (Å²) in [4.78, 5) is 29.0. The summed E-state index contributed by atoms with van der Waals surface area (Å²) in [7, 11) is 0. The van der Waals surface area contributed by atoms with Crippen LogP contribution in [0.2, 0.25) is 0 Å². The molecule has 0 saturated carbocycles. The summed E-state index contributed by atoms with van der Waals surface area (Å²) in [6, 6.07) is 7.01. The molecule has 2 aromatic heterocycles. The van der Waals surface area contributed by atoms with E-state index in [-0.39, 0.29) is 17.5 Å². The van der Waals surface area contributed by atoms with Gasteiger partial charge in [0.05, 0.1) is 17.6 Å². The number of hydrogen-bond donors (Lipinski definition) is 1. The van der Waals surface area contributed by atoms with E-state index in [4.69, 9.17) is 0 Å². The third-order valence-electron chi connectivity index (χ3n) is 4.09. The maximum Gasteiger partial charge on any atom is 0.272 e. The van der Waals surface area contributed by atoms with Gasteiger partial charge in [-0.2, -0.15) is 5.10 Å². The van der Waals surface area contributed by atoms with Crippen LogP contribution in [0, 0.1) is 6.92 Å². The summed E-state index contributed by atoms with van der Waals surface area (Å²) in [6.07, 6.45) is 3.56. The zero-order chi connectivity index (χ0) is 18.0. The van der Waals surface area contributed by atoms with Crippen molar-refractivity contribution in [1.29, 1.82) is 0 Å². The molecule has 0 aliphatic carbocycles. The zero-order valence-electron chi connectivity index (χ0n) is 14.6. The highest BCUT2D eigenvalue weighted by atomic mass is 16.1. The Kier molecular flexibility index (Phi) is 4.65. The molecule has 7 nitrogen and oxygen atoms in total. The molecule has 0 aliphatic rings. The molecule has 7 heteroatoms. The van der Waals surface area contributed by atoms with Gasteiger partial charge in [-0.05, 0) is 45.0 Å². The van der Waals surface area contributed by atoms with Crippen molar-refractivity contribution in [3.63, 3.8) is 0 Å². The van der Waals surface area contributed by atoms with Crippen LogP contribution in [0.1, 0.15) is 29.9 Å². The van der Waals surface area contributed by atoms with Gasteiger partial charge in [-0.1, -0.05) is 0 Å². The van der Waals surface area contributed by atoms with Crippen LogP contribution in [0.4, 0.5) is 0 Å². The normalized spacial score (nSPS) is 12.3. The molecule has 0 unspecified atom stereocenters. The predicted molar refractivity (Wildman–Crippen MR) is 95.6 cm³/mol. The Morgan fingerprint density at radius 2 is 2.16 bits per heavy atom. The van der Waals surface area contributed by atoms with E-state index in [0.717, 1.165) is 5.52 Å². The number of amides is 1. The van der Waals surface area contributed by atoms with E-state index in [1.165, 1.54) is 0 Å². The highest BCUT2D eigenvalue weighted by molar-refractivity contribution is 5.97. The van der Waals surface area contributed by atoms with Crippen molar-refractivity contribution >= 4 is 16.9 Å². The molecule has 3 aromatic rings. The van der Waals surface area contributed by atoms with Crippen molar-refractivity contribution < 1.29 is 4.79 Å². The second-order valence-electron chi connectivity index (χ2n) is 6.05. The SMILES string of the molecule is CCn1c(=O)c(C)nc2cc(C(=O)N[C@@H](C)Cn3cccn3)ccc21. The van der Waals surface area contributed by atoms with Gasteiger partial charge < -0.3 is 9.88 Å². The highest BCUT2D eigenvalue weighted by Crippen LogP contribution is 2.13. The maximum absolute atomic E-state index is 12.5. The van der Waals surface area contributed by atoms with E-state index in [0.29, 0.717) is 29.9 Å². The molecular weight excluding hydrogens is 318 g/mol. The van der Waals surface area contributed by atoms with Gasteiger partial charge in [0.25, 0.3) is 11.5 Å². The fraction of sp³-hybridized carbons (Fsp3) is 0.333. The Balaban J connectivity index is 1.84. The van der Waals surface area contributed by atoms with Crippen LogP contribution in [0.25, 0.3) is 11.0 Å². The number of aryl methyl sites for hydroxylation is 2. The third-order valence-corrected chi connectivity index (χ3v) is 4.09. The van der Waals surface area contributed by atoms with Crippen molar-refractivity contribution in [2.24, 2.45) is 0 Å². The van der Waals surface area contributed by atoms with Gasteiger partial charge in [0, 0.05) is 30.5 Å². The topological polar surface area (TPSA) is 81.8 Å². The molecule has 0 saturated heterocycles. The number of carbonyl (C=O) groups is 1. The molecule has 2 heterocycles. The van der Waals surface area contributed by atoms with E-state index in [1.54, 1.807) is 40.6 Å². The summed E-state index contributed by atoms with van der Waals surface area (Å²) in [5.41, 5.74) is 2.23. The minimum absolute atomic E-state index is 0.0672. The molecule has 1 amide bonds. The first kappa shape index (κ1) is 16.9. The number of hydrogen-bond acceptors (Lipinski definition) is 4. The number of rotatable bonds is 5. The minimum atomic E-state index is -0.171. The molecule has 0 radical (unpaired) electrons. The van der Waals surface area contributed by atoms with E-state index >= 15 is 0 Å². The van der Waals surface area contributed by atoms with Crippen LogP contribution in [0.3, 0.4) is 0 Å². The Bertz CT molecular complexity index is 960. The van der Waals surface area contributed by atoms with Crippen LogP contribution in [0.5, 0.6) is 0 Å². The Morgan fingerprint density at radius 3 is 2.84 bits per heavy atom. The number of nitrogens with one attached hydrogen (secondary N) is 1. The molecule has 1 aromatic carbocycles. The molecular formula is C18H21N5O2. The third kappa shape index (κ3) is 3.45. The lowest BCUT2D eigenvalue weighted by atomic mass is 10.1. The average Bonchev–Trinajstić information content (AvgIpc) is 3.08. The predicted octanol–water partition coefficient (Wildman–Crippen LogP) is 1.74. The fourth-order valence-electron chi connectivity index (χ4n) is 2.87. The van der Waals surface area contributed by atoms with Crippen molar-refractivity contribution in [3.8, 4) is 0 Å². The summed E-state index contributed by atoms with van der Waals surface area (Å²) in [5.74, 6) is -0.171. The van der Waals surface area contributed by atoms with Crippen LogP contribution < -0.4 is 10.9 Å². The molecule has 25 heavy (non-hydrogen) atoms. The van der Waals surface area contributed by atoms with Crippen LogP contribution >= 0.6 is 0 Å². The van der Waals surface area contributed by atoms with Gasteiger partial charge in [-0.15, -0.1) is 0 Å². The van der Waals surface area contributed by atoms with Crippen molar-refractivity contribution in [2.75, 3.05) is 0 Å². The van der Waals surface area contributed by atoms with Gasteiger partial charge >= 0.3 is 0 Å². The molecule has 0 bridgehead atoms. The van der Waals surface area contributed by atoms with Crippen molar-refractivity contribution in [1.82, 2.24) is 24.6 Å². The van der Waals surface area contributed by atoms with Crippen molar-refractivity contribution in [2.45, 2.75) is 39.9 Å². The van der Waals surface area contributed by atoms with E-state index in [1.807, 2.05) is 26.1 Å². The summed E-state index contributed by atoms with van der Waals surface area (Å²) in [5, 5.41) is 7.09. The first-order valence-electron chi connectivity index (χ1n) is 8.29. The number of carbonyl (C=O) groups excluding carboxylic acids is 1. The van der Waals surface area contributed by atoms with Crippen LogP contribution in [-0.2, 0) is 13.1 Å². The first-order valence-corrected chi connectivity index (χ1v) is 8.29. The van der Waals surface area contributed by atoms with E-state index < -0.39 is 0 Å². The quantitative estimate of drug-likeness (QED) is 0.768. The summed E-state index contributed by atoms with van der Waals surface area (Å²) < 4.78 is 3.44. The molecule has 0 fully saturated rings. The molecule has 130 valence electrons. The van der Waals surface area contributed by atoms with Gasteiger partial charge in [0.15, 0.2) is 0 Å². The van der Waals surface area contributed by atoms with Crippen LogP contribution in [-0.4, -0.2) is 31.3 Å². The molecule has 1 N–H and O–H groups in total. The smallest absolute Gasteiger partial charge is 0.272 e. The molecule has 1 atom stereocenters. The van der Waals surface area contributed by atoms with E-state index in [9.17, 15) is 9.59 Å². The van der Waals surface area contributed by atoms with Gasteiger partial charge in [-0.25, -0.2) is 4.98 Å². The fourth-order valence-corrected chi connectivity index (χ4v) is 2.87. The second-order valence-corrected chi connectivity index (χ2v) is 6.05.